The molecular formula is C19H18N2O3S. The summed E-state index contributed by atoms with van der Waals surface area (Å²) in [6.45, 7) is 4.24. The molecule has 1 heterocycles. The maximum Gasteiger partial charge on any atom is 0.281 e. The van der Waals surface area contributed by atoms with Crippen LogP contribution in [0.3, 0.4) is 0 Å². The molecule has 1 aliphatic rings. The SMILES string of the molecule is CCOc1cc(/C=C2/NC(=S)N(c3cccc(C)c3)C2=O)ccc1O. The van der Waals surface area contributed by atoms with E-state index in [1.54, 1.807) is 18.2 Å². The van der Waals surface area contributed by atoms with Crippen LogP contribution < -0.4 is 15.0 Å². The van der Waals surface area contributed by atoms with Crippen LogP contribution in [0.4, 0.5) is 5.69 Å². The molecule has 1 saturated heterocycles. The second kappa shape index (κ2) is 6.94. The van der Waals surface area contributed by atoms with Crippen LogP contribution in [0, 0.1) is 6.92 Å². The lowest BCUT2D eigenvalue weighted by Gasteiger charge is -2.14. The van der Waals surface area contributed by atoms with E-state index in [4.69, 9.17) is 17.0 Å². The predicted molar refractivity (Wildman–Crippen MR) is 102 cm³/mol. The third-order valence-corrected chi connectivity index (χ3v) is 4.02. The zero-order valence-electron chi connectivity index (χ0n) is 13.9. The molecule has 0 bridgehead atoms. The molecule has 1 fully saturated rings. The van der Waals surface area contributed by atoms with Crippen molar-refractivity contribution in [1.82, 2.24) is 5.32 Å². The fourth-order valence-corrected chi connectivity index (χ4v) is 2.89. The molecule has 0 unspecified atom stereocenters. The van der Waals surface area contributed by atoms with E-state index in [1.165, 1.54) is 11.0 Å². The lowest BCUT2D eigenvalue weighted by molar-refractivity contribution is -0.113. The summed E-state index contributed by atoms with van der Waals surface area (Å²) in [5.74, 6) is 0.216. The van der Waals surface area contributed by atoms with Gasteiger partial charge >= 0.3 is 0 Å². The van der Waals surface area contributed by atoms with Crippen LogP contribution in [0.5, 0.6) is 11.5 Å². The van der Waals surface area contributed by atoms with Gasteiger partial charge in [0.05, 0.1) is 12.3 Å². The van der Waals surface area contributed by atoms with E-state index in [2.05, 4.69) is 5.32 Å². The molecule has 1 amide bonds. The van der Waals surface area contributed by atoms with Crippen molar-refractivity contribution in [2.45, 2.75) is 13.8 Å². The minimum Gasteiger partial charge on any atom is -0.504 e. The fourth-order valence-electron chi connectivity index (χ4n) is 2.59. The number of hydrogen-bond acceptors (Lipinski definition) is 4. The Balaban J connectivity index is 1.92. The Morgan fingerprint density at radius 3 is 2.80 bits per heavy atom. The number of carbonyl (C=O) groups is 1. The number of thiocarbonyl (C=S) groups is 1. The summed E-state index contributed by atoms with van der Waals surface area (Å²) in [5, 5.41) is 13.1. The first-order valence-corrected chi connectivity index (χ1v) is 8.30. The number of nitrogens with zero attached hydrogens (tertiary/aromatic N) is 1. The molecule has 2 aromatic rings. The average Bonchev–Trinajstić information content (AvgIpc) is 2.85. The average molecular weight is 354 g/mol. The van der Waals surface area contributed by atoms with Gasteiger partial charge in [-0.2, -0.15) is 0 Å². The van der Waals surface area contributed by atoms with Crippen LogP contribution in [0.15, 0.2) is 48.2 Å². The van der Waals surface area contributed by atoms with Crippen LogP contribution in [0.1, 0.15) is 18.1 Å². The summed E-state index contributed by atoms with van der Waals surface area (Å²) in [6.07, 6.45) is 1.69. The van der Waals surface area contributed by atoms with Gasteiger partial charge in [-0.25, -0.2) is 0 Å². The van der Waals surface area contributed by atoms with E-state index in [1.807, 2.05) is 38.1 Å². The maximum absolute atomic E-state index is 12.7. The quantitative estimate of drug-likeness (QED) is 0.651. The summed E-state index contributed by atoms with van der Waals surface area (Å²) in [6, 6.07) is 12.5. The molecule has 0 spiro atoms. The van der Waals surface area contributed by atoms with Crippen molar-refractivity contribution in [3.63, 3.8) is 0 Å². The number of hydrogen-bond donors (Lipinski definition) is 2. The Morgan fingerprint density at radius 1 is 1.28 bits per heavy atom. The number of phenols is 1. The highest BCUT2D eigenvalue weighted by molar-refractivity contribution is 7.80. The molecule has 0 atom stereocenters. The van der Waals surface area contributed by atoms with E-state index in [0.717, 1.165) is 16.8 Å². The number of aromatic hydroxyl groups is 1. The molecule has 2 N–H and O–H groups in total. The molecular weight excluding hydrogens is 336 g/mol. The third-order valence-electron chi connectivity index (χ3n) is 3.73. The molecule has 5 nitrogen and oxygen atoms in total. The van der Waals surface area contributed by atoms with Gasteiger partial charge in [0.1, 0.15) is 5.70 Å². The number of amides is 1. The van der Waals surface area contributed by atoms with Gasteiger partial charge in [0.2, 0.25) is 0 Å². The monoisotopic (exact) mass is 354 g/mol. The van der Waals surface area contributed by atoms with E-state index in [-0.39, 0.29) is 11.7 Å². The molecule has 6 heteroatoms. The Bertz CT molecular complexity index is 877. The van der Waals surface area contributed by atoms with Crippen molar-refractivity contribution in [3.05, 3.63) is 59.3 Å². The summed E-state index contributed by atoms with van der Waals surface area (Å²) in [4.78, 5) is 14.2. The van der Waals surface area contributed by atoms with Crippen molar-refractivity contribution in [2.75, 3.05) is 11.5 Å². The highest BCUT2D eigenvalue weighted by Crippen LogP contribution is 2.29. The van der Waals surface area contributed by atoms with Crippen molar-refractivity contribution in [1.29, 1.82) is 0 Å². The van der Waals surface area contributed by atoms with Gasteiger partial charge in [-0.05, 0) is 67.5 Å². The highest BCUT2D eigenvalue weighted by Gasteiger charge is 2.31. The van der Waals surface area contributed by atoms with Gasteiger partial charge in [0.15, 0.2) is 16.6 Å². The van der Waals surface area contributed by atoms with Gasteiger partial charge < -0.3 is 15.2 Å². The number of benzene rings is 2. The van der Waals surface area contributed by atoms with Gasteiger partial charge in [-0.1, -0.05) is 18.2 Å². The Kier molecular flexibility index (Phi) is 4.72. The summed E-state index contributed by atoms with van der Waals surface area (Å²) in [5.41, 5.74) is 2.88. The number of anilines is 1. The van der Waals surface area contributed by atoms with Crippen LogP contribution in [-0.4, -0.2) is 22.7 Å². The molecule has 1 aliphatic heterocycles. The predicted octanol–water partition coefficient (Wildman–Crippen LogP) is 3.36. The minimum atomic E-state index is -0.221. The van der Waals surface area contributed by atoms with Crippen LogP contribution >= 0.6 is 12.2 Å². The first-order valence-electron chi connectivity index (χ1n) is 7.89. The van der Waals surface area contributed by atoms with E-state index < -0.39 is 0 Å². The third kappa shape index (κ3) is 3.49. The van der Waals surface area contributed by atoms with Gasteiger partial charge in [-0.3, -0.25) is 9.69 Å². The van der Waals surface area contributed by atoms with Crippen LogP contribution in [0.25, 0.3) is 6.08 Å². The Hall–Kier alpha value is -2.86. The minimum absolute atomic E-state index is 0.0617. The van der Waals surface area contributed by atoms with E-state index in [0.29, 0.717) is 23.2 Å². The Labute approximate surface area is 151 Å². The first-order chi connectivity index (χ1) is 12.0. The highest BCUT2D eigenvalue weighted by atomic mass is 32.1. The van der Waals surface area contributed by atoms with E-state index in [9.17, 15) is 9.90 Å². The molecule has 0 radical (unpaired) electrons. The summed E-state index contributed by atoms with van der Waals surface area (Å²) < 4.78 is 5.37. The van der Waals surface area contributed by atoms with Gasteiger partial charge in [0.25, 0.3) is 5.91 Å². The lowest BCUT2D eigenvalue weighted by Crippen LogP contribution is -2.30. The largest absolute Gasteiger partial charge is 0.504 e. The topological polar surface area (TPSA) is 61.8 Å². The number of ether oxygens (including phenoxy) is 1. The second-order valence-corrected chi connectivity index (χ2v) is 6.01. The zero-order valence-corrected chi connectivity index (χ0v) is 14.8. The standard InChI is InChI=1S/C19H18N2O3S/c1-3-24-17-11-13(7-8-16(17)22)10-15-18(23)21(19(25)20-15)14-6-4-5-12(2)9-14/h4-11,22H,3H2,1-2H3,(H,20,25)/b15-10+. The van der Waals surface area contributed by atoms with Crippen LogP contribution in [0.2, 0.25) is 0 Å². The van der Waals surface area contributed by atoms with Crippen molar-refractivity contribution in [2.24, 2.45) is 0 Å². The van der Waals surface area contributed by atoms with Gasteiger partial charge in [-0.15, -0.1) is 0 Å². The molecule has 2 aromatic carbocycles. The number of phenolic OH excluding ortho intramolecular Hbond substituents is 1. The lowest BCUT2D eigenvalue weighted by atomic mass is 10.1. The molecule has 0 aromatic heterocycles. The molecule has 128 valence electrons. The normalized spacial score (nSPS) is 15.6. The molecule has 3 rings (SSSR count). The van der Waals surface area contributed by atoms with Crippen molar-refractivity contribution >= 4 is 35.0 Å². The smallest absolute Gasteiger partial charge is 0.281 e. The Morgan fingerprint density at radius 2 is 2.08 bits per heavy atom. The number of aryl methyl sites for hydroxylation is 1. The summed E-state index contributed by atoms with van der Waals surface area (Å²) in [7, 11) is 0. The van der Waals surface area contributed by atoms with Crippen molar-refractivity contribution in [3.8, 4) is 11.5 Å². The number of rotatable bonds is 4. The van der Waals surface area contributed by atoms with E-state index >= 15 is 0 Å². The second-order valence-electron chi connectivity index (χ2n) is 5.63. The zero-order chi connectivity index (χ0) is 18.0. The number of nitrogens with one attached hydrogen (secondary N) is 1. The summed E-state index contributed by atoms with van der Waals surface area (Å²) >= 11 is 5.31. The van der Waals surface area contributed by atoms with Gasteiger partial charge in [0, 0.05) is 0 Å². The van der Waals surface area contributed by atoms with Crippen LogP contribution in [-0.2, 0) is 4.79 Å². The number of carbonyl (C=O) groups excluding carboxylic acids is 1. The maximum atomic E-state index is 12.7. The molecule has 0 saturated carbocycles. The first kappa shape index (κ1) is 17.0. The molecule has 25 heavy (non-hydrogen) atoms. The molecule has 0 aliphatic carbocycles. The fraction of sp³-hybridized carbons (Fsp3) is 0.158. The van der Waals surface area contributed by atoms with Crippen molar-refractivity contribution < 1.29 is 14.6 Å².